The molecule has 43 heavy (non-hydrogen) atoms. The maximum atomic E-state index is 13.3. The van der Waals surface area contributed by atoms with Gasteiger partial charge >= 0.3 is 0 Å². The monoisotopic (exact) mass is 603 g/mol. The lowest BCUT2D eigenvalue weighted by atomic mass is 10.1. The number of hydrogen-bond donors (Lipinski definition) is 0. The van der Waals surface area contributed by atoms with Gasteiger partial charge in [0.25, 0.3) is 5.56 Å². The molecule has 0 aliphatic carbocycles. The van der Waals surface area contributed by atoms with Gasteiger partial charge in [-0.3, -0.25) is 4.79 Å². The number of benzene rings is 3. The van der Waals surface area contributed by atoms with Crippen LogP contribution >= 0.6 is 22.7 Å². The summed E-state index contributed by atoms with van der Waals surface area (Å²) in [4.78, 5) is 19.5. The molecule has 7 aromatic rings. The lowest BCUT2D eigenvalue weighted by Crippen LogP contribution is -2.23. The first-order valence-electron chi connectivity index (χ1n) is 13.3. The van der Waals surface area contributed by atoms with Crippen LogP contribution < -0.4 is 14.8 Å². The Bertz CT molecular complexity index is 2170. The smallest absolute Gasteiger partial charge is 0.291 e. The summed E-state index contributed by atoms with van der Waals surface area (Å²) in [5.41, 5.74) is 3.79. The minimum Gasteiger partial charge on any atom is -0.489 e. The summed E-state index contributed by atoms with van der Waals surface area (Å²) < 4.78 is 22.9. The topological polar surface area (TPSA) is 74.3 Å². The Hall–Kier alpha value is -5.19. The van der Waals surface area contributed by atoms with Crippen LogP contribution in [0.5, 0.6) is 5.75 Å². The molecule has 210 valence electrons. The summed E-state index contributed by atoms with van der Waals surface area (Å²) in [5.74, 6) is 0.845. The molecular formula is C33H22FN5O2S2. The highest BCUT2D eigenvalue weighted by molar-refractivity contribution is 7.15. The Kier molecular flexibility index (Phi) is 7.20. The molecule has 0 radical (unpaired) electrons. The van der Waals surface area contributed by atoms with E-state index in [4.69, 9.17) is 9.84 Å². The van der Waals surface area contributed by atoms with Crippen LogP contribution in [0, 0.1) is 5.82 Å². The second-order valence-electron chi connectivity index (χ2n) is 9.59. The van der Waals surface area contributed by atoms with Crippen molar-refractivity contribution < 1.29 is 9.13 Å². The molecule has 0 fully saturated rings. The molecule has 0 aliphatic rings. The first kappa shape index (κ1) is 26.7. The van der Waals surface area contributed by atoms with E-state index >= 15 is 0 Å². The van der Waals surface area contributed by atoms with Crippen molar-refractivity contribution in [2.45, 2.75) is 6.61 Å². The van der Waals surface area contributed by atoms with E-state index < -0.39 is 0 Å². The molecule has 4 aromatic heterocycles. The molecule has 0 spiro atoms. The van der Waals surface area contributed by atoms with Crippen molar-refractivity contribution in [3.63, 3.8) is 0 Å². The van der Waals surface area contributed by atoms with Crippen molar-refractivity contribution in [3.05, 3.63) is 145 Å². The summed E-state index contributed by atoms with van der Waals surface area (Å²) in [6.07, 6.45) is 7.48. The lowest BCUT2D eigenvalue weighted by molar-refractivity contribution is 0.306. The molecule has 4 heterocycles. The second kappa shape index (κ2) is 11.6. The summed E-state index contributed by atoms with van der Waals surface area (Å²) >= 11 is 2.90. The molecule has 10 heteroatoms. The third-order valence-corrected chi connectivity index (χ3v) is 8.41. The van der Waals surface area contributed by atoms with E-state index in [1.807, 2.05) is 96.5 Å². The number of thiophene rings is 1. The van der Waals surface area contributed by atoms with E-state index in [-0.39, 0.29) is 11.4 Å². The van der Waals surface area contributed by atoms with Crippen LogP contribution in [0.15, 0.2) is 107 Å². The first-order valence-corrected chi connectivity index (χ1v) is 15.0. The van der Waals surface area contributed by atoms with Crippen LogP contribution in [0.3, 0.4) is 0 Å². The summed E-state index contributed by atoms with van der Waals surface area (Å²) in [7, 11) is 0. The Morgan fingerprint density at radius 1 is 0.907 bits per heavy atom. The molecule has 0 saturated heterocycles. The standard InChI is InChI=1S/C33H22FN5O2S2/c34-25-13-11-22(12-14-25)21-41-27-9-4-6-23(18-27)31-24(20-38(37-31)26-7-2-1-3-8-26)19-29-32(40)39-33(43-29)35-30(36-39)16-15-28-10-5-17-42-28/h1-20H,21H2/b16-15+,29-19-. The number of para-hydroxylation sites is 1. The van der Waals surface area contributed by atoms with Crippen molar-refractivity contribution in [1.29, 1.82) is 0 Å². The maximum Gasteiger partial charge on any atom is 0.291 e. The average molecular weight is 604 g/mol. The van der Waals surface area contributed by atoms with Crippen LogP contribution in [0.4, 0.5) is 4.39 Å². The third kappa shape index (κ3) is 5.78. The fourth-order valence-corrected chi connectivity index (χ4v) is 6.04. The molecule has 0 atom stereocenters. The Balaban J connectivity index is 1.25. The summed E-state index contributed by atoms with van der Waals surface area (Å²) in [6.45, 7) is 0.299. The van der Waals surface area contributed by atoms with Gasteiger partial charge in [0.1, 0.15) is 23.9 Å². The lowest BCUT2D eigenvalue weighted by Gasteiger charge is -2.08. The number of rotatable bonds is 8. The number of hydrogen-bond acceptors (Lipinski definition) is 7. The third-order valence-electron chi connectivity index (χ3n) is 6.61. The van der Waals surface area contributed by atoms with E-state index in [1.165, 1.54) is 28.0 Å². The minimum atomic E-state index is -0.286. The van der Waals surface area contributed by atoms with Gasteiger partial charge < -0.3 is 4.74 Å². The normalized spacial score (nSPS) is 12.1. The van der Waals surface area contributed by atoms with E-state index in [1.54, 1.807) is 28.2 Å². The summed E-state index contributed by atoms with van der Waals surface area (Å²) in [6, 6.07) is 27.6. The zero-order chi connectivity index (χ0) is 29.2. The molecule has 7 nitrogen and oxygen atoms in total. The number of aromatic nitrogens is 5. The highest BCUT2D eigenvalue weighted by Crippen LogP contribution is 2.28. The van der Waals surface area contributed by atoms with Crippen molar-refractivity contribution in [3.8, 4) is 22.7 Å². The Labute approximate surface area is 253 Å². The fourth-order valence-electron chi connectivity index (χ4n) is 4.51. The molecule has 0 N–H and O–H groups in total. The van der Waals surface area contributed by atoms with Gasteiger partial charge in [-0.1, -0.05) is 59.9 Å². The average Bonchev–Trinajstić information content (AvgIpc) is 3.83. The molecule has 7 rings (SSSR count). The van der Waals surface area contributed by atoms with E-state index in [9.17, 15) is 9.18 Å². The molecule has 0 aliphatic heterocycles. The van der Waals surface area contributed by atoms with Crippen LogP contribution in [0.2, 0.25) is 0 Å². The van der Waals surface area contributed by atoms with Crippen molar-refractivity contribution >= 4 is 45.9 Å². The van der Waals surface area contributed by atoms with Gasteiger partial charge in [0.2, 0.25) is 4.96 Å². The van der Waals surface area contributed by atoms with Gasteiger partial charge in [-0.15, -0.1) is 16.4 Å². The van der Waals surface area contributed by atoms with Crippen LogP contribution in [0.1, 0.15) is 21.8 Å². The van der Waals surface area contributed by atoms with E-state index in [0.29, 0.717) is 33.4 Å². The predicted molar refractivity (Wildman–Crippen MR) is 169 cm³/mol. The Morgan fingerprint density at radius 2 is 1.77 bits per heavy atom. The minimum absolute atomic E-state index is 0.238. The SMILES string of the molecule is O=c1/c(=C/c2cn(-c3ccccc3)nc2-c2cccc(OCc3ccc(F)cc3)c2)sc2nc(/C=C/c3cccs3)nn12. The van der Waals surface area contributed by atoms with Crippen molar-refractivity contribution in [2.24, 2.45) is 0 Å². The van der Waals surface area contributed by atoms with Gasteiger partial charge in [-0.25, -0.2) is 9.07 Å². The summed E-state index contributed by atoms with van der Waals surface area (Å²) in [5, 5.41) is 11.3. The van der Waals surface area contributed by atoms with Gasteiger partial charge in [0.05, 0.1) is 10.2 Å². The molecular weight excluding hydrogens is 582 g/mol. The zero-order valence-corrected chi connectivity index (χ0v) is 24.1. The molecule has 0 unspecified atom stereocenters. The van der Waals surface area contributed by atoms with Gasteiger partial charge in [-0.05, 0) is 71.6 Å². The fraction of sp³-hybridized carbons (Fsp3) is 0.0303. The molecule has 0 bridgehead atoms. The number of ether oxygens (including phenoxy) is 1. The number of thiazole rings is 1. The maximum absolute atomic E-state index is 13.3. The quantitative estimate of drug-likeness (QED) is 0.198. The van der Waals surface area contributed by atoms with E-state index in [0.717, 1.165) is 27.3 Å². The van der Waals surface area contributed by atoms with Crippen LogP contribution in [-0.2, 0) is 6.61 Å². The first-order chi connectivity index (χ1) is 21.1. The zero-order valence-electron chi connectivity index (χ0n) is 22.5. The number of halogens is 1. The van der Waals surface area contributed by atoms with Crippen molar-refractivity contribution in [1.82, 2.24) is 24.4 Å². The molecule has 0 saturated carbocycles. The van der Waals surface area contributed by atoms with E-state index in [2.05, 4.69) is 10.1 Å². The van der Waals surface area contributed by atoms with Crippen LogP contribution in [-0.4, -0.2) is 24.4 Å². The Morgan fingerprint density at radius 3 is 2.56 bits per heavy atom. The van der Waals surface area contributed by atoms with Crippen molar-refractivity contribution in [2.75, 3.05) is 0 Å². The highest BCUT2D eigenvalue weighted by atomic mass is 32.1. The number of fused-ring (bicyclic) bond motifs is 1. The number of nitrogens with zero attached hydrogens (tertiary/aromatic N) is 5. The van der Waals surface area contributed by atoms with Gasteiger partial charge in [0.15, 0.2) is 5.82 Å². The van der Waals surface area contributed by atoms with Gasteiger partial charge in [0, 0.05) is 22.2 Å². The second-order valence-corrected chi connectivity index (χ2v) is 11.6. The van der Waals surface area contributed by atoms with Gasteiger partial charge in [-0.2, -0.15) is 14.6 Å². The highest BCUT2D eigenvalue weighted by Gasteiger charge is 2.15. The molecule has 0 amide bonds. The van der Waals surface area contributed by atoms with Crippen LogP contribution in [0.25, 0.3) is 40.1 Å². The molecule has 3 aromatic carbocycles. The predicted octanol–water partition coefficient (Wildman–Crippen LogP) is 6.50. The largest absolute Gasteiger partial charge is 0.489 e.